The molecule has 1 aliphatic rings. The average Bonchev–Trinajstić information content (AvgIpc) is 3.52. The summed E-state index contributed by atoms with van der Waals surface area (Å²) in [6.45, 7) is 1.91. The summed E-state index contributed by atoms with van der Waals surface area (Å²) in [4.78, 5) is 9.37. The van der Waals surface area contributed by atoms with Gasteiger partial charge in [0, 0.05) is 35.2 Å². The Morgan fingerprint density at radius 3 is 2.69 bits per heavy atom. The van der Waals surface area contributed by atoms with Gasteiger partial charge in [-0.05, 0) is 31.2 Å². The van der Waals surface area contributed by atoms with Crippen LogP contribution in [0, 0.1) is 11.3 Å². The second-order valence-electron chi connectivity index (χ2n) is 8.10. The Balaban J connectivity index is 1.51. The van der Waals surface area contributed by atoms with Crippen LogP contribution in [0.2, 0.25) is 0 Å². The summed E-state index contributed by atoms with van der Waals surface area (Å²) < 4.78 is 1.85. The van der Waals surface area contributed by atoms with Crippen LogP contribution in [0.25, 0.3) is 39.1 Å². The van der Waals surface area contributed by atoms with Gasteiger partial charge in [0.25, 0.3) is 0 Å². The Kier molecular flexibility index (Phi) is 4.41. The molecule has 1 N–H and O–H groups in total. The number of benzene rings is 2. The molecule has 1 saturated heterocycles. The van der Waals surface area contributed by atoms with E-state index in [1.165, 1.54) is 0 Å². The zero-order chi connectivity index (χ0) is 21.5. The zero-order valence-electron chi connectivity index (χ0n) is 17.4. The number of fused-ring (bicyclic) bond motifs is 2. The van der Waals surface area contributed by atoms with Gasteiger partial charge in [-0.3, -0.25) is 0 Å². The van der Waals surface area contributed by atoms with Crippen molar-refractivity contribution in [3.8, 4) is 28.6 Å². The first kappa shape index (κ1) is 18.7. The van der Waals surface area contributed by atoms with Crippen molar-refractivity contribution in [2.75, 3.05) is 13.1 Å². The van der Waals surface area contributed by atoms with Crippen LogP contribution in [0.5, 0.6) is 0 Å². The first-order valence-electron chi connectivity index (χ1n) is 10.8. The Morgan fingerprint density at radius 1 is 1.00 bits per heavy atom. The van der Waals surface area contributed by atoms with Gasteiger partial charge in [-0.2, -0.15) is 10.4 Å². The molecule has 2 aromatic carbocycles. The third-order valence-electron chi connectivity index (χ3n) is 6.17. The minimum atomic E-state index is 0.367. The maximum atomic E-state index is 9.96. The maximum absolute atomic E-state index is 9.96. The molecule has 32 heavy (non-hydrogen) atoms. The number of hydrogen-bond acceptors (Lipinski definition) is 5. The second kappa shape index (κ2) is 7.56. The molecule has 6 rings (SSSR count). The predicted octanol–water partition coefficient (Wildman–Crippen LogP) is 4.56. The number of nitrogens with one attached hydrogen (secondary N) is 1. The molecule has 0 amide bonds. The van der Waals surface area contributed by atoms with Crippen molar-refractivity contribution in [1.82, 2.24) is 24.9 Å². The number of rotatable bonds is 3. The van der Waals surface area contributed by atoms with Crippen LogP contribution in [0.4, 0.5) is 0 Å². The number of aromatic nitrogens is 4. The largest absolute Gasteiger partial charge is 0.316 e. The summed E-state index contributed by atoms with van der Waals surface area (Å²) >= 11 is 0. The smallest absolute Gasteiger partial charge is 0.173 e. The molecule has 5 aromatic rings. The van der Waals surface area contributed by atoms with E-state index in [0.29, 0.717) is 22.8 Å². The van der Waals surface area contributed by atoms with Gasteiger partial charge in [-0.25, -0.2) is 14.5 Å². The molecule has 154 valence electrons. The van der Waals surface area contributed by atoms with Crippen molar-refractivity contribution >= 4 is 16.6 Å². The minimum absolute atomic E-state index is 0.367. The van der Waals surface area contributed by atoms with Crippen LogP contribution in [-0.2, 0) is 0 Å². The average molecular weight is 416 g/mol. The maximum Gasteiger partial charge on any atom is 0.173 e. The van der Waals surface area contributed by atoms with Crippen molar-refractivity contribution < 1.29 is 0 Å². The quantitative estimate of drug-likeness (QED) is 0.466. The van der Waals surface area contributed by atoms with Gasteiger partial charge < -0.3 is 5.32 Å². The SMILES string of the molecule is N#Cc1c(-c2ccc3ccc(-c4ccccc4)nc3c2)nn2c(C3CCNC3)ccnc12. The molecule has 1 unspecified atom stereocenters. The van der Waals surface area contributed by atoms with Crippen LogP contribution in [0.1, 0.15) is 23.6 Å². The molecule has 1 atom stereocenters. The number of nitriles is 1. The lowest BCUT2D eigenvalue weighted by molar-refractivity contribution is 0.692. The third-order valence-corrected chi connectivity index (χ3v) is 6.17. The van der Waals surface area contributed by atoms with Crippen LogP contribution < -0.4 is 5.32 Å². The normalized spacial score (nSPS) is 15.9. The van der Waals surface area contributed by atoms with Crippen molar-refractivity contribution in [3.05, 3.63) is 84.2 Å². The third kappa shape index (κ3) is 3.03. The zero-order valence-corrected chi connectivity index (χ0v) is 17.4. The highest BCUT2D eigenvalue weighted by Crippen LogP contribution is 2.31. The Hall–Kier alpha value is -4.08. The first-order chi connectivity index (χ1) is 15.8. The van der Waals surface area contributed by atoms with E-state index in [0.717, 1.165) is 52.9 Å². The molecule has 0 saturated carbocycles. The van der Waals surface area contributed by atoms with Gasteiger partial charge in [0.05, 0.1) is 16.9 Å². The Morgan fingerprint density at radius 2 is 1.88 bits per heavy atom. The highest BCUT2D eigenvalue weighted by atomic mass is 15.3. The highest BCUT2D eigenvalue weighted by molar-refractivity contribution is 5.87. The molecule has 1 fully saturated rings. The highest BCUT2D eigenvalue weighted by Gasteiger charge is 2.23. The number of hydrogen-bond donors (Lipinski definition) is 1. The fourth-order valence-corrected chi connectivity index (χ4v) is 4.52. The summed E-state index contributed by atoms with van der Waals surface area (Å²) in [5.41, 5.74) is 6.58. The lowest BCUT2D eigenvalue weighted by Crippen LogP contribution is -2.11. The van der Waals surface area contributed by atoms with Gasteiger partial charge in [0.1, 0.15) is 17.3 Å². The van der Waals surface area contributed by atoms with Gasteiger partial charge in [0.15, 0.2) is 5.65 Å². The van der Waals surface area contributed by atoms with E-state index >= 15 is 0 Å². The van der Waals surface area contributed by atoms with Crippen molar-refractivity contribution in [3.63, 3.8) is 0 Å². The van der Waals surface area contributed by atoms with Gasteiger partial charge in [0.2, 0.25) is 0 Å². The summed E-state index contributed by atoms with van der Waals surface area (Å²) in [7, 11) is 0. The van der Waals surface area contributed by atoms with Crippen LogP contribution >= 0.6 is 0 Å². The van der Waals surface area contributed by atoms with Gasteiger partial charge >= 0.3 is 0 Å². The molecule has 4 heterocycles. The van der Waals surface area contributed by atoms with Crippen LogP contribution in [0.3, 0.4) is 0 Å². The molecule has 0 radical (unpaired) electrons. The fourth-order valence-electron chi connectivity index (χ4n) is 4.52. The minimum Gasteiger partial charge on any atom is -0.316 e. The van der Waals surface area contributed by atoms with Crippen LogP contribution in [-0.4, -0.2) is 32.7 Å². The van der Waals surface area contributed by atoms with E-state index in [1.54, 1.807) is 6.20 Å². The summed E-state index contributed by atoms with van der Waals surface area (Å²) in [5.74, 6) is 0.367. The molecule has 6 nitrogen and oxygen atoms in total. The molecule has 6 heteroatoms. The van der Waals surface area contributed by atoms with Gasteiger partial charge in [-0.1, -0.05) is 48.5 Å². The van der Waals surface area contributed by atoms with Crippen molar-refractivity contribution in [2.45, 2.75) is 12.3 Å². The number of nitrogens with zero attached hydrogens (tertiary/aromatic N) is 5. The van der Waals surface area contributed by atoms with Crippen LogP contribution in [0.15, 0.2) is 72.9 Å². The van der Waals surface area contributed by atoms with Crippen molar-refractivity contribution in [2.24, 2.45) is 0 Å². The van der Waals surface area contributed by atoms with Gasteiger partial charge in [-0.15, -0.1) is 0 Å². The second-order valence-corrected chi connectivity index (χ2v) is 8.10. The topological polar surface area (TPSA) is 78.9 Å². The van der Waals surface area contributed by atoms with E-state index in [2.05, 4.69) is 34.6 Å². The molecule has 0 aliphatic carbocycles. The summed E-state index contributed by atoms with van der Waals surface area (Å²) in [6.07, 6.45) is 2.84. The predicted molar refractivity (Wildman–Crippen MR) is 124 cm³/mol. The van der Waals surface area contributed by atoms with E-state index in [-0.39, 0.29) is 0 Å². The Labute approximate surface area is 185 Å². The molecule has 3 aromatic heterocycles. The Bertz CT molecular complexity index is 1490. The molecule has 0 spiro atoms. The van der Waals surface area contributed by atoms with Crippen molar-refractivity contribution in [1.29, 1.82) is 5.26 Å². The van der Waals surface area contributed by atoms with E-state index < -0.39 is 0 Å². The molecule has 1 aliphatic heterocycles. The standard InChI is InChI=1S/C26H20N6/c27-15-21-25(31-32-24(11-13-29-26(21)32)20-10-12-28-16-20)19-7-6-18-8-9-22(30-23(18)14-19)17-4-2-1-3-5-17/h1-9,11,13-14,20,28H,10,12,16H2. The fraction of sp³-hybridized carbons (Fsp3) is 0.154. The lowest BCUT2D eigenvalue weighted by Gasteiger charge is -2.10. The summed E-state index contributed by atoms with van der Waals surface area (Å²) in [6, 6.07) is 24.7. The molecular weight excluding hydrogens is 396 g/mol. The summed E-state index contributed by atoms with van der Waals surface area (Å²) in [5, 5.41) is 19.3. The van der Waals surface area contributed by atoms with E-state index in [4.69, 9.17) is 10.1 Å². The first-order valence-corrected chi connectivity index (χ1v) is 10.8. The lowest BCUT2D eigenvalue weighted by atomic mass is 10.0. The molecular formula is C26H20N6. The molecule has 0 bridgehead atoms. The number of pyridine rings is 1. The monoisotopic (exact) mass is 416 g/mol. The van der Waals surface area contributed by atoms with E-state index in [1.807, 2.05) is 53.0 Å². The van der Waals surface area contributed by atoms with E-state index in [9.17, 15) is 5.26 Å².